The van der Waals surface area contributed by atoms with Crippen molar-refractivity contribution in [3.05, 3.63) is 99.3 Å². The standard InChI is InChI=1S/C28H28Cl2N2O4/c29-23-10-6-11-24(30)26(23)27(34)32-25(28(35)36)18-20-14-12-19(13-15-20)17-22(33)9-3-1-2-7-21-8-4-5-16-31-21/h4-6,8,10-16,25H,1-3,7,9,17-18H2,(H,32,34)(H,35,36)/t25-/m0/s1. The maximum absolute atomic E-state index is 12.6. The normalized spacial score (nSPS) is 11.6. The number of nitrogens with zero attached hydrogens (tertiary/aromatic N) is 1. The topological polar surface area (TPSA) is 96.4 Å². The second kappa shape index (κ2) is 13.8. The van der Waals surface area contributed by atoms with Crippen molar-refractivity contribution in [3.63, 3.8) is 0 Å². The summed E-state index contributed by atoms with van der Waals surface area (Å²) in [7, 11) is 0. The highest BCUT2D eigenvalue weighted by molar-refractivity contribution is 6.39. The zero-order valence-corrected chi connectivity index (χ0v) is 21.3. The molecule has 0 aliphatic heterocycles. The monoisotopic (exact) mass is 526 g/mol. The lowest BCUT2D eigenvalue weighted by Crippen LogP contribution is -2.42. The number of carbonyl (C=O) groups excluding carboxylic acids is 2. The van der Waals surface area contributed by atoms with Gasteiger partial charge in [0.25, 0.3) is 5.91 Å². The second-order valence-electron chi connectivity index (χ2n) is 8.58. The van der Waals surface area contributed by atoms with E-state index in [1.54, 1.807) is 24.4 Å². The van der Waals surface area contributed by atoms with Crippen LogP contribution in [0.2, 0.25) is 10.0 Å². The number of amides is 1. The molecule has 188 valence electrons. The Balaban J connectivity index is 1.46. The van der Waals surface area contributed by atoms with Gasteiger partial charge >= 0.3 is 5.97 Å². The molecule has 0 aliphatic rings. The van der Waals surface area contributed by atoms with Crippen LogP contribution in [0.25, 0.3) is 0 Å². The molecule has 0 fully saturated rings. The van der Waals surface area contributed by atoms with E-state index in [1.807, 2.05) is 30.3 Å². The number of aryl methyl sites for hydroxylation is 1. The Morgan fingerprint density at radius 3 is 2.19 bits per heavy atom. The van der Waals surface area contributed by atoms with E-state index in [9.17, 15) is 19.5 Å². The van der Waals surface area contributed by atoms with Crippen molar-refractivity contribution in [2.24, 2.45) is 0 Å². The first-order valence-electron chi connectivity index (χ1n) is 11.8. The van der Waals surface area contributed by atoms with Gasteiger partial charge in [-0.05, 0) is 54.7 Å². The molecule has 2 N–H and O–H groups in total. The fraction of sp³-hybridized carbons (Fsp3) is 0.286. The van der Waals surface area contributed by atoms with E-state index in [4.69, 9.17) is 23.2 Å². The molecule has 3 rings (SSSR count). The summed E-state index contributed by atoms with van der Waals surface area (Å²) >= 11 is 12.1. The Kier molecular flexibility index (Phi) is 10.5. The number of aromatic nitrogens is 1. The van der Waals surface area contributed by atoms with Gasteiger partial charge in [0.05, 0.1) is 15.6 Å². The molecule has 1 heterocycles. The number of unbranched alkanes of at least 4 members (excludes halogenated alkanes) is 2. The van der Waals surface area contributed by atoms with Crippen LogP contribution in [0, 0.1) is 0 Å². The van der Waals surface area contributed by atoms with Crippen LogP contribution in [0.1, 0.15) is 52.9 Å². The van der Waals surface area contributed by atoms with Gasteiger partial charge in [0.2, 0.25) is 0 Å². The maximum atomic E-state index is 12.6. The highest BCUT2D eigenvalue weighted by Gasteiger charge is 2.23. The quantitative estimate of drug-likeness (QED) is 0.277. The van der Waals surface area contributed by atoms with Gasteiger partial charge in [0.15, 0.2) is 0 Å². The van der Waals surface area contributed by atoms with Gasteiger partial charge in [-0.25, -0.2) is 4.79 Å². The van der Waals surface area contributed by atoms with E-state index in [0.29, 0.717) is 12.8 Å². The summed E-state index contributed by atoms with van der Waals surface area (Å²) < 4.78 is 0. The predicted molar refractivity (Wildman–Crippen MR) is 141 cm³/mol. The van der Waals surface area contributed by atoms with Crippen LogP contribution < -0.4 is 5.32 Å². The number of hydrogen-bond acceptors (Lipinski definition) is 4. The summed E-state index contributed by atoms with van der Waals surface area (Å²) in [5.74, 6) is -1.65. The molecule has 6 nitrogen and oxygen atoms in total. The smallest absolute Gasteiger partial charge is 0.326 e. The molecule has 8 heteroatoms. The van der Waals surface area contributed by atoms with Crippen molar-refractivity contribution in [1.82, 2.24) is 10.3 Å². The molecule has 0 aliphatic carbocycles. The number of nitrogens with one attached hydrogen (secondary N) is 1. The van der Waals surface area contributed by atoms with Crippen molar-refractivity contribution in [3.8, 4) is 0 Å². The third-order valence-electron chi connectivity index (χ3n) is 5.77. The molecule has 0 saturated carbocycles. The molecule has 36 heavy (non-hydrogen) atoms. The number of aliphatic carboxylic acids is 1. The maximum Gasteiger partial charge on any atom is 0.326 e. The second-order valence-corrected chi connectivity index (χ2v) is 9.39. The summed E-state index contributed by atoms with van der Waals surface area (Å²) in [4.78, 5) is 41.0. The molecular formula is C28H28Cl2N2O4. The molecule has 1 amide bonds. The Labute approximate surface area is 220 Å². The lowest BCUT2D eigenvalue weighted by Gasteiger charge is -2.16. The molecule has 0 unspecified atom stereocenters. The Hall–Kier alpha value is -3.22. The number of Topliss-reactive ketones (excluding diaryl/α,β-unsaturated/α-hetero) is 1. The van der Waals surface area contributed by atoms with Crippen LogP contribution in [-0.2, 0) is 28.9 Å². The largest absolute Gasteiger partial charge is 0.480 e. The third kappa shape index (κ3) is 8.47. The highest BCUT2D eigenvalue weighted by atomic mass is 35.5. The zero-order valence-electron chi connectivity index (χ0n) is 19.8. The lowest BCUT2D eigenvalue weighted by molar-refractivity contribution is -0.139. The van der Waals surface area contributed by atoms with Gasteiger partial charge in [-0.3, -0.25) is 14.6 Å². The van der Waals surface area contributed by atoms with Crippen LogP contribution in [0.3, 0.4) is 0 Å². The molecular weight excluding hydrogens is 499 g/mol. The number of halogens is 2. The molecule has 2 aromatic carbocycles. The average Bonchev–Trinajstić information content (AvgIpc) is 2.85. The van der Waals surface area contributed by atoms with Crippen LogP contribution in [0.4, 0.5) is 0 Å². The first-order valence-corrected chi connectivity index (χ1v) is 12.6. The van der Waals surface area contributed by atoms with Crippen molar-refractivity contribution >= 4 is 40.9 Å². The first kappa shape index (κ1) is 27.4. The summed E-state index contributed by atoms with van der Waals surface area (Å²) in [6.07, 6.45) is 6.48. The SMILES string of the molecule is O=C(CCCCCc1ccccn1)Cc1ccc(C[C@H](NC(=O)c2c(Cl)cccc2Cl)C(=O)O)cc1. The minimum atomic E-state index is -1.17. The molecule has 0 bridgehead atoms. The van der Waals surface area contributed by atoms with Crippen molar-refractivity contribution < 1.29 is 19.5 Å². The van der Waals surface area contributed by atoms with E-state index in [-0.39, 0.29) is 27.8 Å². The van der Waals surface area contributed by atoms with E-state index >= 15 is 0 Å². The van der Waals surface area contributed by atoms with Gasteiger partial charge in [-0.2, -0.15) is 0 Å². The van der Waals surface area contributed by atoms with Crippen molar-refractivity contribution in [2.75, 3.05) is 0 Å². The number of rotatable bonds is 13. The molecule has 1 aromatic heterocycles. The fourth-order valence-corrected chi connectivity index (χ4v) is 4.41. The number of benzene rings is 2. The molecule has 0 radical (unpaired) electrons. The number of pyridine rings is 1. The lowest BCUT2D eigenvalue weighted by atomic mass is 10.00. The van der Waals surface area contributed by atoms with Gasteiger partial charge in [-0.1, -0.05) is 66.0 Å². The predicted octanol–water partition coefficient (Wildman–Crippen LogP) is 5.73. The van der Waals surface area contributed by atoms with Gasteiger partial charge in [0.1, 0.15) is 11.8 Å². The van der Waals surface area contributed by atoms with Gasteiger partial charge in [-0.15, -0.1) is 0 Å². The van der Waals surface area contributed by atoms with Crippen LogP contribution in [-0.4, -0.2) is 33.8 Å². The molecule has 0 spiro atoms. The van der Waals surface area contributed by atoms with E-state index < -0.39 is 17.9 Å². The number of carboxylic acid groups (broad SMARTS) is 1. The first-order chi connectivity index (χ1) is 17.3. The summed E-state index contributed by atoms with van der Waals surface area (Å²) in [5, 5.41) is 12.4. The number of hydrogen-bond donors (Lipinski definition) is 2. The van der Waals surface area contributed by atoms with Crippen LogP contribution in [0.15, 0.2) is 66.9 Å². The third-order valence-corrected chi connectivity index (χ3v) is 6.40. The Morgan fingerprint density at radius 2 is 1.56 bits per heavy atom. The van der Waals surface area contributed by atoms with Gasteiger partial charge < -0.3 is 10.4 Å². The molecule has 0 saturated heterocycles. The number of ketones is 1. The van der Waals surface area contributed by atoms with Crippen molar-refractivity contribution in [2.45, 2.75) is 51.0 Å². The fourth-order valence-electron chi connectivity index (χ4n) is 3.84. The van der Waals surface area contributed by atoms with Crippen molar-refractivity contribution in [1.29, 1.82) is 0 Å². The van der Waals surface area contributed by atoms with Crippen LogP contribution in [0.5, 0.6) is 0 Å². The minimum absolute atomic E-state index is 0.0395. The molecule has 3 aromatic rings. The zero-order chi connectivity index (χ0) is 25.9. The summed E-state index contributed by atoms with van der Waals surface area (Å²) in [6.45, 7) is 0. The average molecular weight is 527 g/mol. The summed E-state index contributed by atoms with van der Waals surface area (Å²) in [5.41, 5.74) is 2.70. The van der Waals surface area contributed by atoms with E-state index in [1.165, 1.54) is 12.1 Å². The van der Waals surface area contributed by atoms with Gasteiger partial charge in [0, 0.05) is 31.2 Å². The van der Waals surface area contributed by atoms with Crippen LogP contribution >= 0.6 is 23.2 Å². The van der Waals surface area contributed by atoms with E-state index in [2.05, 4.69) is 10.3 Å². The number of carboxylic acids is 1. The summed E-state index contributed by atoms with van der Waals surface area (Å²) in [6, 6.07) is 16.5. The Morgan fingerprint density at radius 1 is 0.861 bits per heavy atom. The Bertz CT molecular complexity index is 1160. The molecule has 1 atom stereocenters. The van der Waals surface area contributed by atoms with E-state index in [0.717, 1.165) is 42.5 Å². The minimum Gasteiger partial charge on any atom is -0.480 e. The number of carbonyl (C=O) groups is 3. The highest BCUT2D eigenvalue weighted by Crippen LogP contribution is 2.24.